The van der Waals surface area contributed by atoms with Gasteiger partial charge in [0.25, 0.3) is 5.91 Å². The van der Waals surface area contributed by atoms with Gasteiger partial charge in [-0.1, -0.05) is 45.0 Å². The van der Waals surface area contributed by atoms with E-state index in [1.54, 1.807) is 14.0 Å². The van der Waals surface area contributed by atoms with E-state index in [9.17, 15) is 9.59 Å². The van der Waals surface area contributed by atoms with E-state index in [-0.39, 0.29) is 23.8 Å². The number of nitrogens with zero attached hydrogens (tertiary/aromatic N) is 1. The molecule has 168 valence electrons. The summed E-state index contributed by atoms with van der Waals surface area (Å²) >= 11 is 0. The van der Waals surface area contributed by atoms with Crippen molar-refractivity contribution in [2.45, 2.75) is 52.6 Å². The number of methoxy groups -OCH3 is 1. The predicted molar refractivity (Wildman–Crippen MR) is 122 cm³/mol. The highest BCUT2D eigenvalue weighted by Gasteiger charge is 2.26. The summed E-state index contributed by atoms with van der Waals surface area (Å²) in [5.74, 6) is 0.908. The van der Waals surface area contributed by atoms with Crippen molar-refractivity contribution in [2.24, 2.45) is 0 Å². The molecule has 0 aliphatic heterocycles. The van der Waals surface area contributed by atoms with Crippen LogP contribution in [0.3, 0.4) is 0 Å². The van der Waals surface area contributed by atoms with E-state index in [2.05, 4.69) is 26.1 Å². The van der Waals surface area contributed by atoms with Gasteiger partial charge >= 0.3 is 0 Å². The van der Waals surface area contributed by atoms with Crippen LogP contribution in [0.4, 0.5) is 0 Å². The minimum Gasteiger partial charge on any atom is -0.497 e. The summed E-state index contributed by atoms with van der Waals surface area (Å²) in [4.78, 5) is 27.0. The van der Waals surface area contributed by atoms with Crippen molar-refractivity contribution in [3.63, 3.8) is 0 Å². The van der Waals surface area contributed by atoms with Crippen LogP contribution in [0.5, 0.6) is 11.5 Å². The van der Waals surface area contributed by atoms with Gasteiger partial charge < -0.3 is 19.7 Å². The monoisotopic (exact) mass is 426 g/mol. The van der Waals surface area contributed by atoms with Gasteiger partial charge in [0.05, 0.1) is 7.11 Å². The molecule has 0 heterocycles. The maximum atomic E-state index is 13.0. The highest BCUT2D eigenvalue weighted by molar-refractivity contribution is 5.87. The van der Waals surface area contributed by atoms with Crippen molar-refractivity contribution in [2.75, 3.05) is 20.3 Å². The molecule has 0 bridgehead atoms. The molecule has 0 radical (unpaired) electrons. The number of carbonyl (C=O) groups is 2. The van der Waals surface area contributed by atoms with Gasteiger partial charge in [0.15, 0.2) is 6.61 Å². The molecular formula is C25H34N2O4. The van der Waals surface area contributed by atoms with Gasteiger partial charge in [-0.05, 0) is 54.7 Å². The van der Waals surface area contributed by atoms with Crippen LogP contribution in [0.1, 0.15) is 45.7 Å². The fourth-order valence-electron chi connectivity index (χ4n) is 3.11. The lowest BCUT2D eigenvalue weighted by atomic mass is 9.87. The van der Waals surface area contributed by atoms with Crippen LogP contribution in [0.2, 0.25) is 0 Å². The lowest BCUT2D eigenvalue weighted by Gasteiger charge is -2.28. The van der Waals surface area contributed by atoms with Crippen LogP contribution >= 0.6 is 0 Å². The Morgan fingerprint density at radius 3 is 2.10 bits per heavy atom. The summed E-state index contributed by atoms with van der Waals surface area (Å²) in [5, 5.41) is 2.79. The average molecular weight is 427 g/mol. The summed E-state index contributed by atoms with van der Waals surface area (Å²) < 4.78 is 10.9. The Morgan fingerprint density at radius 2 is 1.58 bits per heavy atom. The molecule has 0 saturated heterocycles. The summed E-state index contributed by atoms with van der Waals surface area (Å²) in [7, 11) is 1.60. The number of ether oxygens (including phenoxy) is 2. The van der Waals surface area contributed by atoms with E-state index >= 15 is 0 Å². The van der Waals surface area contributed by atoms with Gasteiger partial charge in [0.1, 0.15) is 17.5 Å². The molecule has 0 fully saturated rings. The average Bonchev–Trinajstić information content (AvgIpc) is 2.75. The standard InChI is InChI=1S/C25H34N2O4/c1-7-26-24(29)18(2)27(16-19-8-12-21(30-6)13-9-19)23(28)17-31-22-14-10-20(11-15-22)25(3,4)5/h8-15,18H,7,16-17H2,1-6H3,(H,26,29). The smallest absolute Gasteiger partial charge is 0.261 e. The number of hydrogen-bond donors (Lipinski definition) is 1. The molecule has 0 saturated carbocycles. The van der Waals surface area contributed by atoms with E-state index in [0.29, 0.717) is 18.8 Å². The first-order chi connectivity index (χ1) is 14.7. The first kappa shape index (κ1) is 24.3. The van der Waals surface area contributed by atoms with Crippen LogP contribution in [0, 0.1) is 0 Å². The number of amides is 2. The summed E-state index contributed by atoms with van der Waals surface area (Å²) in [5.41, 5.74) is 2.14. The molecule has 0 spiro atoms. The summed E-state index contributed by atoms with van der Waals surface area (Å²) in [6.07, 6.45) is 0. The Balaban J connectivity index is 2.11. The van der Waals surface area contributed by atoms with E-state index in [1.807, 2.05) is 55.5 Å². The quantitative estimate of drug-likeness (QED) is 0.660. The third kappa shape index (κ3) is 7.02. The molecule has 6 heteroatoms. The summed E-state index contributed by atoms with van der Waals surface area (Å²) in [6, 6.07) is 14.6. The second-order valence-corrected chi connectivity index (χ2v) is 8.50. The van der Waals surface area contributed by atoms with Gasteiger partial charge in [-0.15, -0.1) is 0 Å². The van der Waals surface area contributed by atoms with Crippen molar-refractivity contribution in [1.29, 1.82) is 0 Å². The summed E-state index contributed by atoms with van der Waals surface area (Å²) in [6.45, 7) is 10.7. The Bertz CT molecular complexity index is 855. The fraction of sp³-hybridized carbons (Fsp3) is 0.440. The maximum absolute atomic E-state index is 13.0. The Kier molecular flexibility index (Phi) is 8.48. The largest absolute Gasteiger partial charge is 0.497 e. The zero-order valence-electron chi connectivity index (χ0n) is 19.4. The second kappa shape index (κ2) is 10.8. The predicted octanol–water partition coefficient (Wildman–Crippen LogP) is 3.92. The van der Waals surface area contributed by atoms with Crippen LogP contribution in [0.25, 0.3) is 0 Å². The number of benzene rings is 2. The van der Waals surface area contributed by atoms with Gasteiger partial charge in [-0.25, -0.2) is 0 Å². The number of carbonyl (C=O) groups excluding carboxylic acids is 2. The van der Waals surface area contributed by atoms with Crippen LogP contribution in [0.15, 0.2) is 48.5 Å². The van der Waals surface area contributed by atoms with Gasteiger partial charge in [0.2, 0.25) is 5.91 Å². The minimum absolute atomic E-state index is 0.0472. The van der Waals surface area contributed by atoms with Gasteiger partial charge in [-0.2, -0.15) is 0 Å². The van der Waals surface area contributed by atoms with E-state index in [0.717, 1.165) is 11.3 Å². The normalized spacial score (nSPS) is 12.1. The number of rotatable bonds is 9. The van der Waals surface area contributed by atoms with E-state index in [4.69, 9.17) is 9.47 Å². The highest BCUT2D eigenvalue weighted by atomic mass is 16.5. The van der Waals surface area contributed by atoms with Gasteiger partial charge in [-0.3, -0.25) is 9.59 Å². The number of nitrogens with one attached hydrogen (secondary N) is 1. The molecule has 0 aromatic heterocycles. The third-order valence-electron chi connectivity index (χ3n) is 5.11. The molecule has 31 heavy (non-hydrogen) atoms. The molecule has 2 amide bonds. The maximum Gasteiger partial charge on any atom is 0.261 e. The molecule has 6 nitrogen and oxygen atoms in total. The lowest BCUT2D eigenvalue weighted by molar-refractivity contribution is -0.142. The molecule has 0 aliphatic carbocycles. The van der Waals surface area contributed by atoms with E-state index < -0.39 is 6.04 Å². The SMILES string of the molecule is CCNC(=O)C(C)N(Cc1ccc(OC)cc1)C(=O)COc1ccc(C(C)(C)C)cc1. The molecule has 2 aromatic carbocycles. The Morgan fingerprint density at radius 1 is 1.00 bits per heavy atom. The second-order valence-electron chi connectivity index (χ2n) is 8.50. The third-order valence-corrected chi connectivity index (χ3v) is 5.11. The van der Waals surface area contributed by atoms with Crippen molar-refractivity contribution in [1.82, 2.24) is 10.2 Å². The highest BCUT2D eigenvalue weighted by Crippen LogP contribution is 2.24. The van der Waals surface area contributed by atoms with Crippen LogP contribution in [-0.2, 0) is 21.5 Å². The first-order valence-electron chi connectivity index (χ1n) is 10.6. The fourth-order valence-corrected chi connectivity index (χ4v) is 3.11. The lowest BCUT2D eigenvalue weighted by Crippen LogP contribution is -2.49. The van der Waals surface area contributed by atoms with Crippen molar-refractivity contribution in [3.8, 4) is 11.5 Å². The molecular weight excluding hydrogens is 392 g/mol. The molecule has 1 atom stereocenters. The van der Waals surface area contributed by atoms with Crippen LogP contribution in [-0.4, -0.2) is 43.0 Å². The van der Waals surface area contributed by atoms with Crippen molar-refractivity contribution >= 4 is 11.8 Å². The molecule has 1 unspecified atom stereocenters. The van der Waals surface area contributed by atoms with Crippen molar-refractivity contribution in [3.05, 3.63) is 59.7 Å². The van der Waals surface area contributed by atoms with Gasteiger partial charge in [0, 0.05) is 13.1 Å². The molecule has 2 aromatic rings. The first-order valence-corrected chi connectivity index (χ1v) is 10.6. The minimum atomic E-state index is -0.624. The Hall–Kier alpha value is -3.02. The molecule has 0 aliphatic rings. The zero-order valence-corrected chi connectivity index (χ0v) is 19.4. The Labute approximate surface area is 185 Å². The number of hydrogen-bond acceptors (Lipinski definition) is 4. The molecule has 2 rings (SSSR count). The van der Waals surface area contributed by atoms with Crippen molar-refractivity contribution < 1.29 is 19.1 Å². The topological polar surface area (TPSA) is 67.9 Å². The zero-order chi connectivity index (χ0) is 23.0. The van der Waals surface area contributed by atoms with Crippen LogP contribution < -0.4 is 14.8 Å². The van der Waals surface area contributed by atoms with E-state index in [1.165, 1.54) is 10.5 Å². The number of likely N-dealkylation sites (N-methyl/N-ethyl adjacent to an activating group) is 1. The molecule has 1 N–H and O–H groups in total.